The van der Waals surface area contributed by atoms with E-state index in [0.717, 1.165) is 30.1 Å². The summed E-state index contributed by atoms with van der Waals surface area (Å²) in [4.78, 5) is 12.5. The van der Waals surface area contributed by atoms with Gasteiger partial charge in [0.05, 0.1) is 11.9 Å². The summed E-state index contributed by atoms with van der Waals surface area (Å²) in [6.07, 6.45) is 9.92. The normalized spacial score (nSPS) is 29.5. The van der Waals surface area contributed by atoms with E-state index in [-0.39, 0.29) is 0 Å². The molecule has 1 fully saturated rings. The van der Waals surface area contributed by atoms with Crippen LogP contribution in [0.15, 0.2) is 29.6 Å². The lowest BCUT2D eigenvalue weighted by atomic mass is 9.83. The Balaban J connectivity index is 1.61. The van der Waals surface area contributed by atoms with Crippen LogP contribution in [0.3, 0.4) is 0 Å². The second kappa shape index (κ2) is 5.51. The number of aromatic nitrogens is 3. The maximum absolute atomic E-state index is 4.66. The molecule has 4 nitrogen and oxygen atoms in total. The molecule has 1 aliphatic carbocycles. The molecule has 0 aromatic carbocycles. The van der Waals surface area contributed by atoms with Crippen molar-refractivity contribution in [3.05, 3.63) is 35.4 Å². The van der Waals surface area contributed by atoms with Crippen LogP contribution in [0.5, 0.6) is 0 Å². The monoisotopic (exact) mass is 296 g/mol. The fourth-order valence-electron chi connectivity index (χ4n) is 4.21. The van der Waals surface area contributed by atoms with Gasteiger partial charge in [0.1, 0.15) is 11.5 Å². The summed E-state index contributed by atoms with van der Waals surface area (Å²) in [5, 5.41) is 3.81. The van der Waals surface area contributed by atoms with E-state index in [2.05, 4.69) is 34.1 Å². The van der Waals surface area contributed by atoms with E-state index in [1.807, 2.05) is 18.5 Å². The van der Waals surface area contributed by atoms with Gasteiger partial charge in [-0.3, -0.25) is 4.98 Å². The highest BCUT2D eigenvalue weighted by atomic mass is 15.0. The van der Waals surface area contributed by atoms with Gasteiger partial charge < -0.3 is 10.3 Å². The van der Waals surface area contributed by atoms with Crippen molar-refractivity contribution in [3.8, 4) is 11.4 Å². The Bertz CT molecular complexity index is 672. The molecule has 3 atom stereocenters. The molecule has 22 heavy (non-hydrogen) atoms. The number of nitrogens with one attached hydrogen (secondary N) is 2. The molecule has 0 radical (unpaired) electrons. The minimum absolute atomic E-state index is 0.501. The van der Waals surface area contributed by atoms with E-state index < -0.39 is 0 Å². The fraction of sp³-hybridized carbons (Fsp3) is 0.556. The number of hydrogen-bond acceptors (Lipinski definition) is 3. The second-order valence-electron chi connectivity index (χ2n) is 6.96. The number of H-pyrrole nitrogens is 1. The first-order valence-electron chi connectivity index (χ1n) is 8.45. The predicted molar refractivity (Wildman–Crippen MR) is 87.9 cm³/mol. The summed E-state index contributed by atoms with van der Waals surface area (Å²) in [6.45, 7) is 4.61. The van der Waals surface area contributed by atoms with Crippen LogP contribution in [0.25, 0.3) is 11.4 Å². The van der Waals surface area contributed by atoms with E-state index in [1.54, 1.807) is 11.1 Å². The van der Waals surface area contributed by atoms with E-state index in [9.17, 15) is 0 Å². The third-order valence-electron chi connectivity index (χ3n) is 5.32. The first kappa shape index (κ1) is 13.9. The number of piperidine rings is 1. The van der Waals surface area contributed by atoms with Crippen LogP contribution < -0.4 is 5.32 Å². The van der Waals surface area contributed by atoms with E-state index in [4.69, 9.17) is 0 Å². The Morgan fingerprint density at radius 1 is 1.18 bits per heavy atom. The Morgan fingerprint density at radius 3 is 2.91 bits per heavy atom. The molecule has 4 rings (SSSR count). The molecule has 0 aromatic heterocycles. The molecule has 4 aliphatic rings. The van der Waals surface area contributed by atoms with Gasteiger partial charge in [-0.1, -0.05) is 11.1 Å². The van der Waals surface area contributed by atoms with Crippen LogP contribution in [0.2, 0.25) is 0 Å². The quantitative estimate of drug-likeness (QED) is 0.832. The highest BCUT2D eigenvalue weighted by Crippen LogP contribution is 2.37. The highest BCUT2D eigenvalue weighted by molar-refractivity contribution is 5.54. The Hall–Kier alpha value is -1.68. The summed E-state index contributed by atoms with van der Waals surface area (Å²) in [7, 11) is 0. The van der Waals surface area contributed by atoms with Crippen molar-refractivity contribution >= 4 is 0 Å². The van der Waals surface area contributed by atoms with Gasteiger partial charge in [0, 0.05) is 24.2 Å². The van der Waals surface area contributed by atoms with Crippen LogP contribution in [0.4, 0.5) is 0 Å². The lowest BCUT2D eigenvalue weighted by molar-refractivity contribution is 0.317. The minimum atomic E-state index is 0.501. The molecular formula is C18H24N4. The molecule has 0 aromatic rings. The van der Waals surface area contributed by atoms with Gasteiger partial charge in [-0.2, -0.15) is 0 Å². The summed E-state index contributed by atoms with van der Waals surface area (Å²) >= 11 is 0. The molecule has 0 bridgehead atoms. The van der Waals surface area contributed by atoms with E-state index in [0.29, 0.717) is 18.0 Å². The van der Waals surface area contributed by atoms with Gasteiger partial charge in [0.25, 0.3) is 0 Å². The largest absolute Gasteiger partial charge is 0.342 e. The summed E-state index contributed by atoms with van der Waals surface area (Å²) in [6, 6.07) is 3.10. The molecule has 0 spiro atoms. The van der Waals surface area contributed by atoms with Crippen molar-refractivity contribution in [1.82, 2.24) is 20.3 Å². The number of aromatic amines is 1. The van der Waals surface area contributed by atoms with Gasteiger partial charge in [-0.25, -0.2) is 4.98 Å². The second-order valence-corrected chi connectivity index (χ2v) is 6.96. The lowest BCUT2D eigenvalue weighted by Crippen LogP contribution is -2.44. The van der Waals surface area contributed by atoms with Crippen LogP contribution in [0, 0.1) is 0 Å². The summed E-state index contributed by atoms with van der Waals surface area (Å²) < 4.78 is 0. The first-order valence-corrected chi connectivity index (χ1v) is 8.45. The number of hydrogen-bond donors (Lipinski definition) is 2. The minimum Gasteiger partial charge on any atom is -0.342 e. The Morgan fingerprint density at radius 2 is 2.09 bits per heavy atom. The van der Waals surface area contributed by atoms with Crippen molar-refractivity contribution in [2.75, 3.05) is 0 Å². The summed E-state index contributed by atoms with van der Waals surface area (Å²) in [5.74, 6) is 1.62. The zero-order valence-electron chi connectivity index (χ0n) is 13.4. The van der Waals surface area contributed by atoms with Crippen molar-refractivity contribution in [1.29, 1.82) is 0 Å². The first-order chi connectivity index (χ1) is 10.7. The van der Waals surface area contributed by atoms with Crippen LogP contribution in [-0.2, 0) is 0 Å². The molecule has 3 aliphatic heterocycles. The van der Waals surface area contributed by atoms with Crippen LogP contribution in [0.1, 0.15) is 57.7 Å². The third-order valence-corrected chi connectivity index (χ3v) is 5.32. The maximum Gasteiger partial charge on any atom is 0.109 e. The lowest BCUT2D eigenvalue weighted by Gasteiger charge is -2.35. The SMILES string of the molecule is CC1=C(C2CC(c3ncc4nccc-4[nH]3)CC(C)N2)CCC1. The molecule has 3 heterocycles. The predicted octanol–water partition coefficient (Wildman–Crippen LogP) is 3.63. The average Bonchev–Trinajstić information content (AvgIpc) is 3.14. The van der Waals surface area contributed by atoms with Crippen LogP contribution in [-0.4, -0.2) is 27.0 Å². The van der Waals surface area contributed by atoms with Gasteiger partial charge in [0.2, 0.25) is 0 Å². The molecular weight excluding hydrogens is 272 g/mol. The average molecular weight is 296 g/mol. The molecule has 0 amide bonds. The van der Waals surface area contributed by atoms with Gasteiger partial charge in [-0.15, -0.1) is 0 Å². The standard InChI is InChI=1S/C18H24N4/c1-11-4-3-5-14(11)16-9-13(8-12(2)21-16)18-20-10-17-15(22-18)6-7-19-17/h6-7,10,12-13,16,21H,3-5,8-9H2,1-2H3,(H,20,22). The zero-order chi connectivity index (χ0) is 15.1. The maximum atomic E-state index is 4.66. The van der Waals surface area contributed by atoms with Crippen molar-refractivity contribution in [3.63, 3.8) is 0 Å². The van der Waals surface area contributed by atoms with E-state index in [1.165, 1.54) is 19.3 Å². The van der Waals surface area contributed by atoms with Gasteiger partial charge in [0.15, 0.2) is 0 Å². The van der Waals surface area contributed by atoms with Crippen molar-refractivity contribution < 1.29 is 0 Å². The molecule has 1 saturated heterocycles. The number of fused-ring (bicyclic) bond motifs is 1. The number of nitrogens with zero attached hydrogens (tertiary/aromatic N) is 2. The number of rotatable bonds is 2. The van der Waals surface area contributed by atoms with Crippen molar-refractivity contribution in [2.24, 2.45) is 0 Å². The molecule has 0 saturated carbocycles. The van der Waals surface area contributed by atoms with Gasteiger partial charge >= 0.3 is 0 Å². The molecule has 3 unspecified atom stereocenters. The number of allylic oxidation sites excluding steroid dienone is 1. The van der Waals surface area contributed by atoms with Crippen molar-refractivity contribution in [2.45, 2.75) is 64.0 Å². The fourth-order valence-corrected chi connectivity index (χ4v) is 4.21. The Labute approximate surface area is 131 Å². The molecule has 2 N–H and O–H groups in total. The zero-order valence-corrected chi connectivity index (χ0v) is 13.4. The summed E-state index contributed by atoms with van der Waals surface area (Å²) in [5.41, 5.74) is 5.33. The Kier molecular flexibility index (Phi) is 3.49. The third kappa shape index (κ3) is 2.45. The topological polar surface area (TPSA) is 53.6 Å². The van der Waals surface area contributed by atoms with Crippen LogP contribution >= 0.6 is 0 Å². The van der Waals surface area contributed by atoms with E-state index >= 15 is 0 Å². The smallest absolute Gasteiger partial charge is 0.109 e. The molecule has 116 valence electrons. The van der Waals surface area contributed by atoms with Gasteiger partial charge in [-0.05, 0) is 52.0 Å². The molecule has 4 heteroatoms. The highest BCUT2D eigenvalue weighted by Gasteiger charge is 2.32.